The fraction of sp³-hybridized carbons (Fsp3) is 0.318. The van der Waals surface area contributed by atoms with E-state index in [2.05, 4.69) is 5.32 Å². The topological polar surface area (TPSA) is 66.5 Å². The highest BCUT2D eigenvalue weighted by molar-refractivity contribution is 7.92. The molecule has 0 radical (unpaired) electrons. The third kappa shape index (κ3) is 4.62. The first-order valence-electron chi connectivity index (χ1n) is 9.63. The number of sulfonamides is 1. The number of aryl methyl sites for hydroxylation is 1. The van der Waals surface area contributed by atoms with E-state index in [9.17, 15) is 13.2 Å². The minimum atomic E-state index is -3.66. The summed E-state index contributed by atoms with van der Waals surface area (Å²) >= 11 is 1.41. The number of nitrogens with one attached hydrogen (secondary N) is 1. The van der Waals surface area contributed by atoms with Gasteiger partial charge in [0.2, 0.25) is 0 Å². The predicted molar refractivity (Wildman–Crippen MR) is 120 cm³/mol. The first-order valence-corrected chi connectivity index (χ1v) is 11.9. The van der Waals surface area contributed by atoms with Crippen molar-refractivity contribution >= 4 is 43.0 Å². The van der Waals surface area contributed by atoms with E-state index in [-0.39, 0.29) is 10.8 Å². The number of hydrogen-bond acceptors (Lipinski definition) is 4. The highest BCUT2D eigenvalue weighted by Crippen LogP contribution is 2.31. The second kappa shape index (κ2) is 8.55. The van der Waals surface area contributed by atoms with Crippen molar-refractivity contribution < 1.29 is 13.2 Å². The van der Waals surface area contributed by atoms with Gasteiger partial charge in [0.25, 0.3) is 15.9 Å². The number of nitrogens with zero attached hydrogens (tertiary/aromatic N) is 1. The maximum Gasteiger partial charge on any atom is 0.264 e. The van der Waals surface area contributed by atoms with Crippen LogP contribution in [0.25, 0.3) is 10.1 Å². The minimum Gasteiger partial charge on any atom is -0.351 e. The Morgan fingerprint density at radius 1 is 1.10 bits per heavy atom. The lowest BCUT2D eigenvalue weighted by Crippen LogP contribution is -2.30. The van der Waals surface area contributed by atoms with Crippen LogP contribution in [0.5, 0.6) is 0 Å². The lowest BCUT2D eigenvalue weighted by molar-refractivity contribution is 0.0953. The second-order valence-corrected chi connectivity index (χ2v) is 10.4. The average molecular weight is 431 g/mol. The summed E-state index contributed by atoms with van der Waals surface area (Å²) in [6, 6.07) is 14.2. The van der Waals surface area contributed by atoms with Crippen LogP contribution in [0.15, 0.2) is 53.4 Å². The molecule has 0 aliphatic heterocycles. The summed E-state index contributed by atoms with van der Waals surface area (Å²) in [6.07, 6.45) is 0. The molecule has 0 spiro atoms. The highest BCUT2D eigenvalue weighted by Gasteiger charge is 2.24. The quantitative estimate of drug-likeness (QED) is 0.585. The Bertz CT molecular complexity index is 1120. The van der Waals surface area contributed by atoms with Crippen LogP contribution in [0, 0.1) is 12.8 Å². The lowest BCUT2D eigenvalue weighted by atomic mass is 10.2. The van der Waals surface area contributed by atoms with Gasteiger partial charge in [-0.3, -0.25) is 9.10 Å². The van der Waals surface area contributed by atoms with Crippen LogP contribution in [-0.4, -0.2) is 27.4 Å². The first-order chi connectivity index (χ1) is 13.7. The van der Waals surface area contributed by atoms with Gasteiger partial charge in [0.05, 0.1) is 15.5 Å². The van der Waals surface area contributed by atoms with E-state index < -0.39 is 10.0 Å². The number of rotatable bonds is 7. The van der Waals surface area contributed by atoms with Gasteiger partial charge in [-0.2, -0.15) is 0 Å². The van der Waals surface area contributed by atoms with Gasteiger partial charge in [-0.05, 0) is 61.5 Å². The normalized spacial score (nSPS) is 11.8. The molecule has 0 aliphatic carbocycles. The zero-order chi connectivity index (χ0) is 21.2. The van der Waals surface area contributed by atoms with Crippen LogP contribution in [0.1, 0.15) is 36.0 Å². The molecule has 1 N–H and O–H groups in total. The van der Waals surface area contributed by atoms with E-state index in [0.717, 1.165) is 15.6 Å². The Morgan fingerprint density at radius 2 is 1.79 bits per heavy atom. The summed E-state index contributed by atoms with van der Waals surface area (Å²) in [5.41, 5.74) is 1.60. The molecule has 1 amide bonds. The summed E-state index contributed by atoms with van der Waals surface area (Å²) < 4.78 is 28.6. The molecular weight excluding hydrogens is 404 g/mol. The highest BCUT2D eigenvalue weighted by atomic mass is 32.2. The van der Waals surface area contributed by atoms with Crippen molar-refractivity contribution in [1.29, 1.82) is 0 Å². The monoisotopic (exact) mass is 430 g/mol. The van der Waals surface area contributed by atoms with Crippen LogP contribution in [0.2, 0.25) is 0 Å². The third-order valence-electron chi connectivity index (χ3n) is 4.58. The number of amides is 1. The molecule has 29 heavy (non-hydrogen) atoms. The Balaban J connectivity index is 1.93. The van der Waals surface area contributed by atoms with E-state index in [0.29, 0.717) is 29.6 Å². The Morgan fingerprint density at radius 3 is 2.41 bits per heavy atom. The van der Waals surface area contributed by atoms with Gasteiger partial charge in [0.15, 0.2) is 0 Å². The molecule has 3 aromatic rings. The van der Waals surface area contributed by atoms with Crippen LogP contribution < -0.4 is 9.62 Å². The van der Waals surface area contributed by atoms with Crippen molar-refractivity contribution in [2.75, 3.05) is 17.4 Å². The Hall–Kier alpha value is -2.38. The summed E-state index contributed by atoms with van der Waals surface area (Å²) in [5, 5.41) is 3.78. The number of thiophene rings is 1. The molecule has 0 saturated carbocycles. The van der Waals surface area contributed by atoms with Crippen LogP contribution in [0.3, 0.4) is 0 Å². The molecule has 1 aromatic heterocycles. The van der Waals surface area contributed by atoms with E-state index in [4.69, 9.17) is 0 Å². The van der Waals surface area contributed by atoms with Crippen molar-refractivity contribution in [2.45, 2.75) is 32.6 Å². The molecule has 0 saturated heterocycles. The van der Waals surface area contributed by atoms with Gasteiger partial charge in [0, 0.05) is 17.8 Å². The van der Waals surface area contributed by atoms with E-state index in [1.165, 1.54) is 15.6 Å². The van der Waals surface area contributed by atoms with Crippen molar-refractivity contribution in [1.82, 2.24) is 5.32 Å². The molecule has 2 aromatic carbocycles. The molecular formula is C22H26N2O3S2. The maximum absolute atomic E-state index is 13.1. The van der Waals surface area contributed by atoms with Gasteiger partial charge >= 0.3 is 0 Å². The van der Waals surface area contributed by atoms with Gasteiger partial charge in [-0.15, -0.1) is 11.3 Å². The molecule has 7 heteroatoms. The standard InChI is InChI=1S/C22H26N2O3S2/c1-5-24(29(26,27)19-9-6-16(4)7-10-19)18-8-11-20-17(12-18)13-21(28-20)22(25)23-14-15(2)3/h6-13,15H,5,14H2,1-4H3,(H,23,25). The molecule has 0 bridgehead atoms. The van der Waals surface area contributed by atoms with Gasteiger partial charge in [0.1, 0.15) is 0 Å². The number of carbonyl (C=O) groups excluding carboxylic acids is 1. The number of fused-ring (bicyclic) bond motifs is 1. The van der Waals surface area contributed by atoms with Crippen molar-refractivity contribution in [3.05, 3.63) is 59.0 Å². The Kier molecular flexibility index (Phi) is 6.29. The number of carbonyl (C=O) groups is 1. The van der Waals surface area contributed by atoms with Crippen LogP contribution >= 0.6 is 11.3 Å². The van der Waals surface area contributed by atoms with E-state index in [1.54, 1.807) is 30.3 Å². The lowest BCUT2D eigenvalue weighted by Gasteiger charge is -2.23. The van der Waals surface area contributed by atoms with Gasteiger partial charge in [-0.25, -0.2) is 8.42 Å². The Labute approximate surface area is 176 Å². The third-order valence-corrected chi connectivity index (χ3v) is 7.61. The number of benzene rings is 2. The van der Waals surface area contributed by atoms with Gasteiger partial charge in [-0.1, -0.05) is 31.5 Å². The second-order valence-electron chi connectivity index (χ2n) is 7.42. The summed E-state index contributed by atoms with van der Waals surface area (Å²) in [7, 11) is -3.66. The fourth-order valence-corrected chi connectivity index (χ4v) is 5.44. The zero-order valence-electron chi connectivity index (χ0n) is 17.1. The molecule has 5 nitrogen and oxygen atoms in total. The van der Waals surface area contributed by atoms with Crippen molar-refractivity contribution in [3.63, 3.8) is 0 Å². The molecule has 0 unspecified atom stereocenters. The van der Waals surface area contributed by atoms with Crippen molar-refractivity contribution in [3.8, 4) is 0 Å². The first kappa shape index (κ1) is 21.3. The predicted octanol–water partition coefficient (Wildman–Crippen LogP) is 4.81. The minimum absolute atomic E-state index is 0.0962. The van der Waals surface area contributed by atoms with Crippen LogP contribution in [-0.2, 0) is 10.0 Å². The molecule has 154 valence electrons. The summed E-state index contributed by atoms with van der Waals surface area (Å²) in [6.45, 7) is 8.77. The SMILES string of the molecule is CCN(c1ccc2sc(C(=O)NCC(C)C)cc2c1)S(=O)(=O)c1ccc(C)cc1. The van der Waals surface area contributed by atoms with E-state index >= 15 is 0 Å². The summed E-state index contributed by atoms with van der Waals surface area (Å²) in [5.74, 6) is 0.283. The smallest absolute Gasteiger partial charge is 0.264 e. The van der Waals surface area contributed by atoms with Gasteiger partial charge < -0.3 is 5.32 Å². The molecule has 1 heterocycles. The number of anilines is 1. The molecule has 0 fully saturated rings. The average Bonchev–Trinajstić information content (AvgIpc) is 3.10. The summed E-state index contributed by atoms with van der Waals surface area (Å²) in [4.78, 5) is 13.3. The molecule has 0 atom stereocenters. The van der Waals surface area contributed by atoms with Crippen molar-refractivity contribution in [2.24, 2.45) is 5.92 Å². The fourth-order valence-electron chi connectivity index (χ4n) is 3.01. The zero-order valence-corrected chi connectivity index (χ0v) is 18.7. The molecule has 0 aliphatic rings. The van der Waals surface area contributed by atoms with E-state index in [1.807, 2.05) is 45.9 Å². The molecule has 3 rings (SSSR count). The van der Waals surface area contributed by atoms with Crippen LogP contribution in [0.4, 0.5) is 5.69 Å². The number of hydrogen-bond donors (Lipinski definition) is 1. The maximum atomic E-state index is 13.1. The largest absolute Gasteiger partial charge is 0.351 e.